The lowest BCUT2D eigenvalue weighted by atomic mass is 9.94. The summed E-state index contributed by atoms with van der Waals surface area (Å²) in [7, 11) is 0. The van der Waals surface area contributed by atoms with Crippen LogP contribution in [-0.4, -0.2) is 11.1 Å². The van der Waals surface area contributed by atoms with Gasteiger partial charge < -0.3 is 10.8 Å². The van der Waals surface area contributed by atoms with Crippen molar-refractivity contribution >= 4 is 11.7 Å². The van der Waals surface area contributed by atoms with Crippen molar-refractivity contribution in [3.05, 3.63) is 53.1 Å². The first kappa shape index (κ1) is 12.2. The Bertz CT molecular complexity index is 618. The van der Waals surface area contributed by atoms with Gasteiger partial charge in [0.2, 0.25) is 0 Å². The van der Waals surface area contributed by atoms with Gasteiger partial charge in [0.05, 0.1) is 11.3 Å². The molecule has 0 atom stereocenters. The van der Waals surface area contributed by atoms with E-state index in [0.29, 0.717) is 5.69 Å². The monoisotopic (exact) mass is 241 g/mol. The number of aryl methyl sites for hydroxylation is 1. The van der Waals surface area contributed by atoms with Gasteiger partial charge in [-0.3, -0.25) is 0 Å². The molecule has 0 aliphatic rings. The predicted molar refractivity (Wildman–Crippen MR) is 72.7 cm³/mol. The van der Waals surface area contributed by atoms with Crippen LogP contribution in [0, 0.1) is 13.8 Å². The van der Waals surface area contributed by atoms with E-state index in [2.05, 4.69) is 0 Å². The molecule has 3 nitrogen and oxygen atoms in total. The van der Waals surface area contributed by atoms with E-state index in [1.54, 1.807) is 6.07 Å². The third-order valence-electron chi connectivity index (χ3n) is 3.23. The van der Waals surface area contributed by atoms with Crippen LogP contribution in [0.25, 0.3) is 11.1 Å². The fourth-order valence-electron chi connectivity index (χ4n) is 2.03. The highest BCUT2D eigenvalue weighted by Crippen LogP contribution is 2.32. The van der Waals surface area contributed by atoms with Gasteiger partial charge in [-0.2, -0.15) is 0 Å². The highest BCUT2D eigenvalue weighted by molar-refractivity contribution is 5.98. The molecule has 0 radical (unpaired) electrons. The summed E-state index contributed by atoms with van der Waals surface area (Å²) in [5, 5.41) is 9.08. The molecule has 2 rings (SSSR count). The van der Waals surface area contributed by atoms with Gasteiger partial charge in [0, 0.05) is 5.56 Å². The number of hydrogen-bond acceptors (Lipinski definition) is 2. The average molecular weight is 241 g/mol. The van der Waals surface area contributed by atoms with Crippen LogP contribution in [0.1, 0.15) is 21.5 Å². The number of anilines is 1. The van der Waals surface area contributed by atoms with Crippen molar-refractivity contribution in [3.8, 4) is 11.1 Å². The van der Waals surface area contributed by atoms with E-state index in [1.165, 1.54) is 6.07 Å². The van der Waals surface area contributed by atoms with E-state index in [4.69, 9.17) is 10.8 Å². The first-order chi connectivity index (χ1) is 8.52. The van der Waals surface area contributed by atoms with Crippen molar-refractivity contribution in [2.75, 3.05) is 5.73 Å². The Labute approximate surface area is 106 Å². The van der Waals surface area contributed by atoms with Gasteiger partial charge in [0.1, 0.15) is 0 Å². The lowest BCUT2D eigenvalue weighted by molar-refractivity contribution is 0.0698. The SMILES string of the molecule is Cc1cccc(-c2cccc(C(=O)O)c2N)c1C. The van der Waals surface area contributed by atoms with Crippen LogP contribution in [0.3, 0.4) is 0 Å². The van der Waals surface area contributed by atoms with Gasteiger partial charge in [-0.25, -0.2) is 4.79 Å². The molecule has 2 aromatic rings. The summed E-state index contributed by atoms with van der Waals surface area (Å²) in [6.45, 7) is 4.04. The molecule has 0 aliphatic carbocycles. The Morgan fingerprint density at radius 3 is 2.33 bits per heavy atom. The van der Waals surface area contributed by atoms with E-state index in [1.807, 2.05) is 38.1 Å². The number of carbonyl (C=O) groups is 1. The molecule has 18 heavy (non-hydrogen) atoms. The number of rotatable bonds is 2. The Kier molecular flexibility index (Phi) is 3.06. The largest absolute Gasteiger partial charge is 0.478 e. The van der Waals surface area contributed by atoms with Gasteiger partial charge >= 0.3 is 5.97 Å². The molecular formula is C15H15NO2. The minimum absolute atomic E-state index is 0.147. The summed E-state index contributed by atoms with van der Waals surface area (Å²) in [5.41, 5.74) is 10.5. The third kappa shape index (κ3) is 1.95. The minimum Gasteiger partial charge on any atom is -0.478 e. The highest BCUT2D eigenvalue weighted by atomic mass is 16.4. The maximum Gasteiger partial charge on any atom is 0.337 e. The molecule has 0 bridgehead atoms. The van der Waals surface area contributed by atoms with Crippen molar-refractivity contribution in [1.29, 1.82) is 0 Å². The van der Waals surface area contributed by atoms with Crippen molar-refractivity contribution in [2.45, 2.75) is 13.8 Å². The molecule has 0 saturated heterocycles. The molecule has 3 heteroatoms. The highest BCUT2D eigenvalue weighted by Gasteiger charge is 2.13. The molecule has 3 N–H and O–H groups in total. The smallest absolute Gasteiger partial charge is 0.337 e. The number of nitrogens with two attached hydrogens (primary N) is 1. The molecule has 0 unspecified atom stereocenters. The average Bonchev–Trinajstić information content (AvgIpc) is 2.33. The molecule has 0 aromatic heterocycles. The molecule has 0 aliphatic heterocycles. The number of carboxylic acid groups (broad SMARTS) is 1. The summed E-state index contributed by atoms with van der Waals surface area (Å²) < 4.78 is 0. The number of benzene rings is 2. The molecular weight excluding hydrogens is 226 g/mol. The number of nitrogen functional groups attached to an aromatic ring is 1. The fraction of sp³-hybridized carbons (Fsp3) is 0.133. The summed E-state index contributed by atoms with van der Waals surface area (Å²) >= 11 is 0. The van der Waals surface area contributed by atoms with Gasteiger partial charge in [0.15, 0.2) is 0 Å². The Hall–Kier alpha value is -2.29. The van der Waals surface area contributed by atoms with Crippen molar-refractivity contribution < 1.29 is 9.90 Å². The third-order valence-corrected chi connectivity index (χ3v) is 3.23. The second kappa shape index (κ2) is 4.53. The summed E-state index contributed by atoms with van der Waals surface area (Å²) in [6.07, 6.45) is 0. The summed E-state index contributed by atoms with van der Waals surface area (Å²) in [6, 6.07) is 11.0. The maximum absolute atomic E-state index is 11.1. The number of para-hydroxylation sites is 1. The van der Waals surface area contributed by atoms with Crippen LogP contribution < -0.4 is 5.73 Å². The Balaban J connectivity index is 2.69. The van der Waals surface area contributed by atoms with Gasteiger partial charge in [-0.15, -0.1) is 0 Å². The zero-order valence-electron chi connectivity index (χ0n) is 10.4. The maximum atomic E-state index is 11.1. The second-order valence-electron chi connectivity index (χ2n) is 4.32. The number of carboxylic acids is 1. The quantitative estimate of drug-likeness (QED) is 0.793. The normalized spacial score (nSPS) is 10.3. The van der Waals surface area contributed by atoms with E-state index < -0.39 is 5.97 Å². The van der Waals surface area contributed by atoms with Crippen LogP contribution in [0.4, 0.5) is 5.69 Å². The molecule has 2 aromatic carbocycles. The fourth-order valence-corrected chi connectivity index (χ4v) is 2.03. The lowest BCUT2D eigenvalue weighted by Crippen LogP contribution is -2.04. The van der Waals surface area contributed by atoms with Crippen LogP contribution in [0.5, 0.6) is 0 Å². The Morgan fingerprint density at radius 1 is 1.06 bits per heavy atom. The van der Waals surface area contributed by atoms with Crippen molar-refractivity contribution in [2.24, 2.45) is 0 Å². The van der Waals surface area contributed by atoms with Crippen molar-refractivity contribution in [1.82, 2.24) is 0 Å². The van der Waals surface area contributed by atoms with E-state index in [9.17, 15) is 4.79 Å². The number of hydrogen-bond donors (Lipinski definition) is 2. The summed E-state index contributed by atoms with van der Waals surface area (Å²) in [5.74, 6) is -1.00. The second-order valence-corrected chi connectivity index (χ2v) is 4.32. The van der Waals surface area contributed by atoms with Gasteiger partial charge in [0.25, 0.3) is 0 Å². The summed E-state index contributed by atoms with van der Waals surface area (Å²) in [4.78, 5) is 11.1. The van der Waals surface area contributed by atoms with E-state index in [-0.39, 0.29) is 5.56 Å². The zero-order chi connectivity index (χ0) is 13.3. The predicted octanol–water partition coefficient (Wildman–Crippen LogP) is 3.25. The molecule has 0 heterocycles. The lowest BCUT2D eigenvalue weighted by Gasteiger charge is -2.12. The standard InChI is InChI=1S/C15H15NO2/c1-9-5-3-6-11(10(9)2)12-7-4-8-13(14(12)16)15(17)18/h3-8H,16H2,1-2H3,(H,17,18). The van der Waals surface area contributed by atoms with Crippen LogP contribution in [0.2, 0.25) is 0 Å². The zero-order valence-corrected chi connectivity index (χ0v) is 10.4. The molecule has 0 saturated carbocycles. The van der Waals surface area contributed by atoms with Gasteiger partial charge in [-0.05, 0) is 36.6 Å². The topological polar surface area (TPSA) is 63.3 Å². The van der Waals surface area contributed by atoms with Crippen molar-refractivity contribution in [3.63, 3.8) is 0 Å². The number of aromatic carboxylic acids is 1. The Morgan fingerprint density at radius 2 is 1.67 bits per heavy atom. The molecule has 92 valence electrons. The van der Waals surface area contributed by atoms with Crippen LogP contribution in [0.15, 0.2) is 36.4 Å². The van der Waals surface area contributed by atoms with E-state index in [0.717, 1.165) is 22.3 Å². The van der Waals surface area contributed by atoms with Crippen LogP contribution in [-0.2, 0) is 0 Å². The first-order valence-electron chi connectivity index (χ1n) is 5.70. The first-order valence-corrected chi connectivity index (χ1v) is 5.70. The molecule has 0 spiro atoms. The molecule has 0 amide bonds. The van der Waals surface area contributed by atoms with E-state index >= 15 is 0 Å². The van der Waals surface area contributed by atoms with Crippen LogP contribution >= 0.6 is 0 Å². The molecule has 0 fully saturated rings. The van der Waals surface area contributed by atoms with Gasteiger partial charge in [-0.1, -0.05) is 30.3 Å². The minimum atomic E-state index is -1.00.